The number of aromatic nitrogens is 2. The predicted octanol–water partition coefficient (Wildman–Crippen LogP) is 2.83. The van der Waals surface area contributed by atoms with Crippen LogP contribution in [0.3, 0.4) is 0 Å². The fraction of sp³-hybridized carbons (Fsp3) is 0.333. The van der Waals surface area contributed by atoms with Crippen molar-refractivity contribution in [1.82, 2.24) is 10.2 Å². The summed E-state index contributed by atoms with van der Waals surface area (Å²) in [4.78, 5) is 11.2. The first-order chi connectivity index (χ1) is 9.59. The van der Waals surface area contributed by atoms with E-state index in [-0.39, 0.29) is 5.69 Å². The van der Waals surface area contributed by atoms with Crippen LogP contribution in [0.4, 0.5) is 0 Å². The highest BCUT2D eigenvalue weighted by atomic mass is 16.5. The SMILES string of the molecule is CC(C)c1cccc2c1OCCc1c-2n[nH]c1C(=O)O. The number of benzene rings is 1. The van der Waals surface area contributed by atoms with E-state index in [1.54, 1.807) is 0 Å². The number of para-hydroxylation sites is 1. The van der Waals surface area contributed by atoms with Crippen molar-refractivity contribution in [2.24, 2.45) is 0 Å². The molecule has 2 heterocycles. The highest BCUT2D eigenvalue weighted by molar-refractivity contribution is 5.90. The molecule has 0 fully saturated rings. The number of rotatable bonds is 2. The molecular weight excluding hydrogens is 256 g/mol. The van der Waals surface area contributed by atoms with Gasteiger partial charge in [-0.2, -0.15) is 5.10 Å². The molecule has 0 amide bonds. The third-order valence-corrected chi connectivity index (χ3v) is 3.60. The first kappa shape index (κ1) is 12.7. The minimum absolute atomic E-state index is 0.159. The summed E-state index contributed by atoms with van der Waals surface area (Å²) in [5, 5.41) is 16.0. The molecule has 0 bridgehead atoms. The van der Waals surface area contributed by atoms with Gasteiger partial charge in [0, 0.05) is 17.5 Å². The molecule has 5 heteroatoms. The van der Waals surface area contributed by atoms with Crippen LogP contribution in [0.15, 0.2) is 18.2 Å². The molecule has 0 aliphatic carbocycles. The third-order valence-electron chi connectivity index (χ3n) is 3.60. The van der Waals surface area contributed by atoms with Gasteiger partial charge in [-0.3, -0.25) is 5.10 Å². The Labute approximate surface area is 116 Å². The second-order valence-electron chi connectivity index (χ2n) is 5.21. The zero-order chi connectivity index (χ0) is 14.3. The van der Waals surface area contributed by atoms with Gasteiger partial charge in [-0.05, 0) is 17.5 Å². The topological polar surface area (TPSA) is 75.2 Å². The number of aromatic amines is 1. The average molecular weight is 272 g/mol. The zero-order valence-electron chi connectivity index (χ0n) is 11.4. The number of carboxylic acids is 1. The van der Waals surface area contributed by atoms with Gasteiger partial charge in [0.1, 0.15) is 11.4 Å². The Morgan fingerprint density at radius 1 is 1.45 bits per heavy atom. The fourth-order valence-corrected chi connectivity index (χ4v) is 2.62. The van der Waals surface area contributed by atoms with E-state index in [9.17, 15) is 9.90 Å². The van der Waals surface area contributed by atoms with Gasteiger partial charge in [0.25, 0.3) is 0 Å². The van der Waals surface area contributed by atoms with Crippen LogP contribution in [0.1, 0.15) is 41.4 Å². The van der Waals surface area contributed by atoms with Crippen molar-refractivity contribution in [3.05, 3.63) is 35.0 Å². The number of hydrogen-bond donors (Lipinski definition) is 2. The first-order valence-corrected chi connectivity index (χ1v) is 6.66. The summed E-state index contributed by atoms with van der Waals surface area (Å²) in [5.41, 5.74) is 3.56. The van der Waals surface area contributed by atoms with Gasteiger partial charge >= 0.3 is 5.97 Å². The van der Waals surface area contributed by atoms with Gasteiger partial charge in [-0.25, -0.2) is 4.79 Å². The molecular formula is C15H16N2O3. The van der Waals surface area contributed by atoms with Crippen molar-refractivity contribution >= 4 is 5.97 Å². The van der Waals surface area contributed by atoms with Crippen molar-refractivity contribution in [1.29, 1.82) is 0 Å². The Kier molecular flexibility index (Phi) is 2.97. The number of H-pyrrole nitrogens is 1. The number of fused-ring (bicyclic) bond motifs is 3. The molecule has 0 atom stereocenters. The largest absolute Gasteiger partial charge is 0.492 e. The number of ether oxygens (including phenoxy) is 1. The smallest absolute Gasteiger partial charge is 0.354 e. The zero-order valence-corrected chi connectivity index (χ0v) is 11.4. The van der Waals surface area contributed by atoms with E-state index in [0.29, 0.717) is 24.6 Å². The van der Waals surface area contributed by atoms with E-state index in [4.69, 9.17) is 4.74 Å². The van der Waals surface area contributed by atoms with E-state index in [0.717, 1.165) is 22.4 Å². The predicted molar refractivity (Wildman–Crippen MR) is 74.3 cm³/mol. The van der Waals surface area contributed by atoms with Crippen molar-refractivity contribution in [2.45, 2.75) is 26.2 Å². The fourth-order valence-electron chi connectivity index (χ4n) is 2.62. The molecule has 3 rings (SSSR count). The average Bonchev–Trinajstić information content (AvgIpc) is 2.74. The molecule has 5 nitrogen and oxygen atoms in total. The number of nitrogens with one attached hydrogen (secondary N) is 1. The lowest BCUT2D eigenvalue weighted by molar-refractivity contribution is 0.0689. The number of carbonyl (C=O) groups is 1. The standard InChI is InChI=1S/C15H16N2O3/c1-8(2)9-4-3-5-11-12-10(6-7-20-14(9)11)13(15(18)19)17-16-12/h3-5,8H,6-7H2,1-2H3,(H,16,17)(H,18,19). The Balaban J connectivity index is 2.23. The van der Waals surface area contributed by atoms with E-state index in [2.05, 4.69) is 24.0 Å². The normalized spacial score (nSPS) is 13.3. The van der Waals surface area contributed by atoms with Crippen LogP contribution in [0.2, 0.25) is 0 Å². The quantitative estimate of drug-likeness (QED) is 0.881. The first-order valence-electron chi connectivity index (χ1n) is 6.66. The molecule has 0 unspecified atom stereocenters. The van der Waals surface area contributed by atoms with E-state index >= 15 is 0 Å². The second-order valence-corrected chi connectivity index (χ2v) is 5.21. The lowest BCUT2D eigenvalue weighted by atomic mass is 9.96. The lowest BCUT2D eigenvalue weighted by Crippen LogP contribution is -2.06. The minimum Gasteiger partial charge on any atom is -0.492 e. The Morgan fingerprint density at radius 2 is 2.25 bits per heavy atom. The van der Waals surface area contributed by atoms with E-state index in [1.807, 2.05) is 18.2 Å². The molecule has 0 radical (unpaired) electrons. The third kappa shape index (κ3) is 1.86. The summed E-state index contributed by atoms with van der Waals surface area (Å²) in [5.74, 6) is 0.177. The number of hydrogen-bond acceptors (Lipinski definition) is 3. The van der Waals surface area contributed by atoms with Crippen LogP contribution in [0.25, 0.3) is 11.3 Å². The monoisotopic (exact) mass is 272 g/mol. The Hall–Kier alpha value is -2.30. The van der Waals surface area contributed by atoms with Crippen LogP contribution in [-0.4, -0.2) is 27.9 Å². The molecule has 0 saturated heterocycles. The van der Waals surface area contributed by atoms with Gasteiger partial charge < -0.3 is 9.84 Å². The molecule has 104 valence electrons. The molecule has 0 spiro atoms. The molecule has 20 heavy (non-hydrogen) atoms. The summed E-state index contributed by atoms with van der Waals surface area (Å²) in [7, 11) is 0. The summed E-state index contributed by atoms with van der Waals surface area (Å²) >= 11 is 0. The molecule has 1 aliphatic heterocycles. The van der Waals surface area contributed by atoms with Crippen LogP contribution in [-0.2, 0) is 6.42 Å². The summed E-state index contributed by atoms with van der Waals surface area (Å²) in [6.07, 6.45) is 0.541. The van der Waals surface area contributed by atoms with Crippen molar-refractivity contribution in [3.63, 3.8) is 0 Å². The maximum Gasteiger partial charge on any atom is 0.354 e. The lowest BCUT2D eigenvalue weighted by Gasteiger charge is -2.15. The van der Waals surface area contributed by atoms with Gasteiger partial charge in [-0.1, -0.05) is 26.0 Å². The Bertz CT molecular complexity index is 674. The molecule has 0 saturated carbocycles. The van der Waals surface area contributed by atoms with E-state index < -0.39 is 5.97 Å². The molecule has 2 aromatic rings. The van der Waals surface area contributed by atoms with Crippen LogP contribution in [0.5, 0.6) is 5.75 Å². The van der Waals surface area contributed by atoms with Crippen molar-refractivity contribution in [2.75, 3.05) is 6.61 Å². The maximum absolute atomic E-state index is 11.2. The van der Waals surface area contributed by atoms with Crippen molar-refractivity contribution in [3.8, 4) is 17.0 Å². The van der Waals surface area contributed by atoms with Crippen LogP contribution in [0, 0.1) is 0 Å². The van der Waals surface area contributed by atoms with Gasteiger partial charge in [-0.15, -0.1) is 0 Å². The van der Waals surface area contributed by atoms with Crippen LogP contribution < -0.4 is 4.74 Å². The van der Waals surface area contributed by atoms with E-state index in [1.165, 1.54) is 0 Å². The van der Waals surface area contributed by atoms with Gasteiger partial charge in [0.2, 0.25) is 0 Å². The van der Waals surface area contributed by atoms with Crippen molar-refractivity contribution < 1.29 is 14.6 Å². The molecule has 1 aromatic carbocycles. The molecule has 1 aliphatic rings. The summed E-state index contributed by atoms with van der Waals surface area (Å²) in [6.45, 7) is 4.68. The summed E-state index contributed by atoms with van der Waals surface area (Å²) < 4.78 is 5.87. The second kappa shape index (κ2) is 4.67. The number of aromatic carboxylic acids is 1. The van der Waals surface area contributed by atoms with Gasteiger partial charge in [0.15, 0.2) is 0 Å². The Morgan fingerprint density at radius 3 is 2.95 bits per heavy atom. The molecule has 1 aromatic heterocycles. The van der Waals surface area contributed by atoms with Crippen LogP contribution >= 0.6 is 0 Å². The minimum atomic E-state index is -0.984. The van der Waals surface area contributed by atoms with Gasteiger partial charge in [0.05, 0.1) is 12.3 Å². The summed E-state index contributed by atoms with van der Waals surface area (Å²) in [6, 6.07) is 5.93. The number of carboxylic acid groups (broad SMARTS) is 1. The maximum atomic E-state index is 11.2. The highest BCUT2D eigenvalue weighted by Gasteiger charge is 2.26. The number of nitrogens with zero attached hydrogens (tertiary/aromatic N) is 1. The highest BCUT2D eigenvalue weighted by Crippen LogP contribution is 2.40. The molecule has 2 N–H and O–H groups in total.